The highest BCUT2D eigenvalue weighted by molar-refractivity contribution is 14.0. The quantitative estimate of drug-likeness (QED) is 0.248. The lowest BCUT2D eigenvalue weighted by atomic mass is 10.2. The fourth-order valence-electron chi connectivity index (χ4n) is 4.03. The summed E-state index contributed by atoms with van der Waals surface area (Å²) in [4.78, 5) is 7.34. The van der Waals surface area contributed by atoms with Crippen LogP contribution in [0.3, 0.4) is 0 Å². The van der Waals surface area contributed by atoms with Crippen LogP contribution in [0.15, 0.2) is 29.3 Å². The van der Waals surface area contributed by atoms with Gasteiger partial charge in [-0.2, -0.15) is 0 Å². The van der Waals surface area contributed by atoms with Crippen LogP contribution < -0.4 is 20.1 Å². The zero-order chi connectivity index (χ0) is 18.9. The molecule has 6 nitrogen and oxygen atoms in total. The molecule has 1 saturated heterocycles. The lowest BCUT2D eigenvalue weighted by molar-refractivity contribution is 0.242. The molecule has 0 aromatic heterocycles. The largest absolute Gasteiger partial charge is 0.497 e. The molecule has 0 radical (unpaired) electrons. The Morgan fingerprint density at radius 2 is 2.00 bits per heavy atom. The van der Waals surface area contributed by atoms with Crippen molar-refractivity contribution in [2.75, 3.05) is 39.9 Å². The number of hydrogen-bond donors (Lipinski definition) is 2. The number of likely N-dealkylation sites (tertiary alicyclic amines) is 1. The zero-order valence-corrected chi connectivity index (χ0v) is 19.5. The van der Waals surface area contributed by atoms with Gasteiger partial charge < -0.3 is 20.1 Å². The van der Waals surface area contributed by atoms with Crippen molar-refractivity contribution < 1.29 is 9.47 Å². The lowest BCUT2D eigenvalue weighted by Crippen LogP contribution is -2.45. The second-order valence-electron chi connectivity index (χ2n) is 7.35. The Hall–Kier alpha value is -1.22. The summed E-state index contributed by atoms with van der Waals surface area (Å²) in [6, 6.07) is 8.97. The summed E-state index contributed by atoms with van der Waals surface area (Å²) in [6.45, 7) is 6.47. The molecule has 1 aromatic carbocycles. The Morgan fingerprint density at radius 1 is 1.21 bits per heavy atom. The zero-order valence-electron chi connectivity index (χ0n) is 17.2. The maximum Gasteiger partial charge on any atom is 0.191 e. The maximum absolute atomic E-state index is 5.78. The molecule has 1 aliphatic carbocycles. The van der Waals surface area contributed by atoms with Crippen LogP contribution in [0, 0.1) is 0 Å². The van der Waals surface area contributed by atoms with Gasteiger partial charge in [-0.1, -0.05) is 18.9 Å². The molecular formula is C21H35IN4O2. The fourth-order valence-corrected chi connectivity index (χ4v) is 4.03. The topological polar surface area (TPSA) is 58.1 Å². The molecule has 1 atom stereocenters. The van der Waals surface area contributed by atoms with Crippen LogP contribution in [0.4, 0.5) is 0 Å². The number of hydrogen-bond acceptors (Lipinski definition) is 4. The second-order valence-corrected chi connectivity index (χ2v) is 7.35. The fraction of sp³-hybridized carbons (Fsp3) is 0.667. The van der Waals surface area contributed by atoms with Gasteiger partial charge in [0.1, 0.15) is 18.1 Å². The Balaban J connectivity index is 0.00000280. The first kappa shape index (κ1) is 23.1. The monoisotopic (exact) mass is 502 g/mol. The van der Waals surface area contributed by atoms with E-state index in [4.69, 9.17) is 9.47 Å². The summed E-state index contributed by atoms with van der Waals surface area (Å²) >= 11 is 0. The van der Waals surface area contributed by atoms with Crippen LogP contribution in [0.25, 0.3) is 0 Å². The first-order chi connectivity index (χ1) is 13.3. The van der Waals surface area contributed by atoms with E-state index in [2.05, 4.69) is 27.4 Å². The van der Waals surface area contributed by atoms with Crippen molar-refractivity contribution in [2.24, 2.45) is 4.99 Å². The highest BCUT2D eigenvalue weighted by Crippen LogP contribution is 2.26. The van der Waals surface area contributed by atoms with Crippen molar-refractivity contribution in [1.29, 1.82) is 0 Å². The Labute approximate surface area is 186 Å². The minimum Gasteiger partial charge on any atom is -0.497 e. The Morgan fingerprint density at radius 3 is 2.75 bits per heavy atom. The molecule has 1 heterocycles. The van der Waals surface area contributed by atoms with Gasteiger partial charge in [0, 0.05) is 37.8 Å². The van der Waals surface area contributed by atoms with E-state index in [0.717, 1.165) is 36.6 Å². The van der Waals surface area contributed by atoms with E-state index < -0.39 is 0 Å². The van der Waals surface area contributed by atoms with E-state index in [9.17, 15) is 0 Å². The molecule has 1 unspecified atom stereocenters. The molecule has 2 N–H and O–H groups in total. The third-order valence-corrected chi connectivity index (χ3v) is 5.42. The van der Waals surface area contributed by atoms with Crippen LogP contribution >= 0.6 is 24.0 Å². The molecule has 0 amide bonds. The minimum absolute atomic E-state index is 0. The second kappa shape index (κ2) is 12.4. The molecule has 1 aromatic rings. The summed E-state index contributed by atoms with van der Waals surface area (Å²) in [5, 5.41) is 6.96. The summed E-state index contributed by atoms with van der Waals surface area (Å²) in [5.74, 6) is 2.51. The van der Waals surface area contributed by atoms with Gasteiger partial charge in [-0.15, -0.1) is 24.0 Å². The average Bonchev–Trinajstić information content (AvgIpc) is 3.37. The van der Waals surface area contributed by atoms with Gasteiger partial charge in [0.25, 0.3) is 0 Å². The number of ether oxygens (including phenoxy) is 2. The summed E-state index contributed by atoms with van der Waals surface area (Å²) < 4.78 is 11.0. The molecule has 28 heavy (non-hydrogen) atoms. The van der Waals surface area contributed by atoms with Gasteiger partial charge >= 0.3 is 0 Å². The van der Waals surface area contributed by atoms with Crippen molar-refractivity contribution in [3.05, 3.63) is 24.3 Å². The van der Waals surface area contributed by atoms with Crippen molar-refractivity contribution in [1.82, 2.24) is 15.5 Å². The molecule has 7 heteroatoms. The number of halogens is 1. The molecule has 0 spiro atoms. The molecular weight excluding hydrogens is 467 g/mol. The smallest absolute Gasteiger partial charge is 0.191 e. The molecule has 3 rings (SSSR count). The lowest BCUT2D eigenvalue weighted by Gasteiger charge is -2.24. The number of rotatable bonds is 8. The number of methoxy groups -OCH3 is 1. The van der Waals surface area contributed by atoms with Gasteiger partial charge in [-0.25, -0.2) is 4.99 Å². The predicted octanol–water partition coefficient (Wildman–Crippen LogP) is 3.26. The molecule has 1 saturated carbocycles. The number of guanidine groups is 1. The van der Waals surface area contributed by atoms with Crippen LogP contribution in [0.5, 0.6) is 11.5 Å². The van der Waals surface area contributed by atoms with Gasteiger partial charge in [-0.3, -0.25) is 4.90 Å². The third-order valence-electron chi connectivity index (χ3n) is 5.42. The highest BCUT2D eigenvalue weighted by Gasteiger charge is 2.30. The Kier molecular flexibility index (Phi) is 10.2. The van der Waals surface area contributed by atoms with E-state index in [1.165, 1.54) is 38.6 Å². The van der Waals surface area contributed by atoms with Crippen molar-refractivity contribution in [2.45, 2.75) is 51.1 Å². The summed E-state index contributed by atoms with van der Waals surface area (Å²) in [5.41, 5.74) is 0. The van der Waals surface area contributed by atoms with Gasteiger partial charge in [0.2, 0.25) is 0 Å². The number of nitrogens with zero attached hydrogens (tertiary/aromatic N) is 2. The summed E-state index contributed by atoms with van der Waals surface area (Å²) in [7, 11) is 1.66. The van der Waals surface area contributed by atoms with Crippen LogP contribution in [-0.2, 0) is 0 Å². The number of nitrogens with one attached hydrogen (secondary N) is 2. The standard InChI is InChI=1S/C21H34N4O2.HI/c1-3-22-21(23-12-14-27-20-10-6-9-19(15-20)26-2)24-17-11-13-25(16-17)18-7-4-5-8-18;/h6,9-10,15,17-18H,3-5,7-8,11-14,16H2,1-2H3,(H2,22,23,24);1H. The third kappa shape index (κ3) is 6.99. The van der Waals surface area contributed by atoms with E-state index in [0.29, 0.717) is 19.2 Å². The van der Waals surface area contributed by atoms with E-state index in [1.807, 2.05) is 24.3 Å². The molecule has 2 fully saturated rings. The number of aliphatic imine (C=N–C) groups is 1. The molecule has 1 aliphatic heterocycles. The number of benzene rings is 1. The average molecular weight is 502 g/mol. The van der Waals surface area contributed by atoms with Gasteiger partial charge in [-0.05, 0) is 38.3 Å². The molecule has 0 bridgehead atoms. The van der Waals surface area contributed by atoms with Crippen LogP contribution in [-0.4, -0.2) is 62.8 Å². The van der Waals surface area contributed by atoms with E-state index >= 15 is 0 Å². The summed E-state index contributed by atoms with van der Waals surface area (Å²) in [6.07, 6.45) is 6.75. The SMILES string of the molecule is CCNC(=NCCOc1cccc(OC)c1)NC1CCN(C2CCCC2)C1.I. The van der Waals surface area contributed by atoms with Crippen molar-refractivity contribution in [3.63, 3.8) is 0 Å². The minimum atomic E-state index is 0. The van der Waals surface area contributed by atoms with Gasteiger partial charge in [0.15, 0.2) is 5.96 Å². The van der Waals surface area contributed by atoms with Crippen molar-refractivity contribution >= 4 is 29.9 Å². The van der Waals surface area contributed by atoms with Gasteiger partial charge in [0.05, 0.1) is 13.7 Å². The van der Waals surface area contributed by atoms with Crippen LogP contribution in [0.1, 0.15) is 39.0 Å². The van der Waals surface area contributed by atoms with Crippen molar-refractivity contribution in [3.8, 4) is 11.5 Å². The highest BCUT2D eigenvalue weighted by atomic mass is 127. The molecule has 158 valence electrons. The normalized spacial score (nSPS) is 20.6. The van der Waals surface area contributed by atoms with E-state index in [1.54, 1.807) is 7.11 Å². The van der Waals surface area contributed by atoms with Crippen LogP contribution in [0.2, 0.25) is 0 Å². The van der Waals surface area contributed by atoms with E-state index in [-0.39, 0.29) is 24.0 Å². The maximum atomic E-state index is 5.78. The molecule has 2 aliphatic rings. The first-order valence-electron chi connectivity index (χ1n) is 10.3. The first-order valence-corrected chi connectivity index (χ1v) is 10.3. The Bertz CT molecular complexity index is 608. The predicted molar refractivity (Wildman–Crippen MR) is 125 cm³/mol.